The number of benzene rings is 1. The molecule has 3 rings (SSSR count). The van der Waals surface area contributed by atoms with Crippen molar-refractivity contribution in [2.45, 2.75) is 18.7 Å². The van der Waals surface area contributed by atoms with Gasteiger partial charge in [-0.05, 0) is 6.42 Å². The standard InChI is InChI=1S/C14H17NO3/c1-17-8-11-7-12-9-18-14(15(12)13(11)16)10-5-3-2-4-6-10/h2-6,11-12,14H,7-9H2,1H3/t11-,12-,14+/m0/s1. The van der Waals surface area contributed by atoms with Gasteiger partial charge in [-0.25, -0.2) is 0 Å². The summed E-state index contributed by atoms with van der Waals surface area (Å²) in [5.74, 6) is 0.156. The van der Waals surface area contributed by atoms with Crippen LogP contribution in [0.25, 0.3) is 0 Å². The molecule has 1 aromatic carbocycles. The lowest BCUT2D eigenvalue weighted by Crippen LogP contribution is -2.32. The molecule has 4 nitrogen and oxygen atoms in total. The molecule has 0 radical (unpaired) electrons. The minimum Gasteiger partial charge on any atom is -0.384 e. The second-order valence-electron chi connectivity index (χ2n) is 4.88. The van der Waals surface area contributed by atoms with E-state index in [0.29, 0.717) is 13.2 Å². The fourth-order valence-corrected chi connectivity index (χ4v) is 2.89. The largest absolute Gasteiger partial charge is 0.384 e. The van der Waals surface area contributed by atoms with Crippen molar-refractivity contribution in [1.82, 2.24) is 4.90 Å². The zero-order valence-electron chi connectivity index (χ0n) is 10.4. The molecule has 96 valence electrons. The fraction of sp³-hybridized carbons (Fsp3) is 0.500. The van der Waals surface area contributed by atoms with Crippen molar-refractivity contribution in [2.24, 2.45) is 5.92 Å². The lowest BCUT2D eigenvalue weighted by molar-refractivity contribution is -0.138. The highest BCUT2D eigenvalue weighted by molar-refractivity contribution is 5.82. The summed E-state index contributed by atoms with van der Waals surface area (Å²) in [4.78, 5) is 14.2. The number of fused-ring (bicyclic) bond motifs is 1. The summed E-state index contributed by atoms with van der Waals surface area (Å²) in [5.41, 5.74) is 1.05. The van der Waals surface area contributed by atoms with E-state index in [1.165, 1.54) is 0 Å². The molecule has 0 aromatic heterocycles. The van der Waals surface area contributed by atoms with E-state index in [4.69, 9.17) is 9.47 Å². The summed E-state index contributed by atoms with van der Waals surface area (Å²) in [7, 11) is 1.64. The Labute approximate surface area is 106 Å². The first-order chi connectivity index (χ1) is 8.81. The van der Waals surface area contributed by atoms with Gasteiger partial charge in [0.05, 0.1) is 25.2 Å². The predicted molar refractivity (Wildman–Crippen MR) is 65.8 cm³/mol. The van der Waals surface area contributed by atoms with Crippen LogP contribution < -0.4 is 0 Å². The van der Waals surface area contributed by atoms with Crippen molar-refractivity contribution >= 4 is 5.91 Å². The topological polar surface area (TPSA) is 38.8 Å². The Hall–Kier alpha value is -1.39. The van der Waals surface area contributed by atoms with Gasteiger partial charge in [0.25, 0.3) is 0 Å². The first kappa shape index (κ1) is 11.7. The maximum Gasteiger partial charge on any atom is 0.230 e. The Kier molecular flexibility index (Phi) is 3.06. The van der Waals surface area contributed by atoms with Crippen LogP contribution in [-0.2, 0) is 14.3 Å². The lowest BCUT2D eigenvalue weighted by atomic mass is 10.1. The van der Waals surface area contributed by atoms with Crippen LogP contribution in [0.5, 0.6) is 0 Å². The maximum absolute atomic E-state index is 12.3. The molecule has 0 saturated carbocycles. The number of amides is 1. The summed E-state index contributed by atoms with van der Waals surface area (Å²) >= 11 is 0. The van der Waals surface area contributed by atoms with Gasteiger partial charge >= 0.3 is 0 Å². The number of methoxy groups -OCH3 is 1. The summed E-state index contributed by atoms with van der Waals surface area (Å²) in [6.45, 7) is 1.14. The van der Waals surface area contributed by atoms with Gasteiger partial charge in [0.15, 0.2) is 6.23 Å². The summed E-state index contributed by atoms with van der Waals surface area (Å²) in [5, 5.41) is 0. The van der Waals surface area contributed by atoms with E-state index >= 15 is 0 Å². The number of hydrogen-bond acceptors (Lipinski definition) is 3. The van der Waals surface area contributed by atoms with Gasteiger partial charge in [0, 0.05) is 12.7 Å². The number of ether oxygens (including phenoxy) is 2. The Bertz CT molecular complexity index is 434. The molecule has 0 spiro atoms. The number of rotatable bonds is 3. The average molecular weight is 247 g/mol. The molecule has 2 fully saturated rings. The van der Waals surface area contributed by atoms with Crippen LogP contribution in [0.3, 0.4) is 0 Å². The second-order valence-corrected chi connectivity index (χ2v) is 4.88. The van der Waals surface area contributed by atoms with Crippen LogP contribution in [-0.4, -0.2) is 37.2 Å². The Morgan fingerprint density at radius 1 is 1.39 bits per heavy atom. The minimum atomic E-state index is -0.217. The van der Waals surface area contributed by atoms with E-state index in [1.54, 1.807) is 7.11 Å². The van der Waals surface area contributed by atoms with Crippen LogP contribution >= 0.6 is 0 Å². The van der Waals surface area contributed by atoms with E-state index in [-0.39, 0.29) is 24.1 Å². The highest BCUT2D eigenvalue weighted by Crippen LogP contribution is 2.39. The smallest absolute Gasteiger partial charge is 0.230 e. The van der Waals surface area contributed by atoms with Crippen LogP contribution in [0.15, 0.2) is 30.3 Å². The summed E-state index contributed by atoms with van der Waals surface area (Å²) < 4.78 is 10.9. The molecule has 2 saturated heterocycles. The monoisotopic (exact) mass is 247 g/mol. The van der Waals surface area contributed by atoms with Gasteiger partial charge in [-0.1, -0.05) is 30.3 Å². The molecule has 2 aliphatic heterocycles. The van der Waals surface area contributed by atoms with E-state index in [9.17, 15) is 4.79 Å². The molecular weight excluding hydrogens is 230 g/mol. The van der Waals surface area contributed by atoms with Gasteiger partial charge in [0.2, 0.25) is 5.91 Å². The highest BCUT2D eigenvalue weighted by atomic mass is 16.5. The first-order valence-electron chi connectivity index (χ1n) is 6.29. The third-order valence-electron chi connectivity index (χ3n) is 3.71. The van der Waals surface area contributed by atoms with Gasteiger partial charge in [-0.2, -0.15) is 0 Å². The van der Waals surface area contributed by atoms with Crippen molar-refractivity contribution in [3.05, 3.63) is 35.9 Å². The molecule has 1 amide bonds. The van der Waals surface area contributed by atoms with Crippen LogP contribution in [0.4, 0.5) is 0 Å². The molecule has 0 aliphatic carbocycles. The molecule has 2 heterocycles. The van der Waals surface area contributed by atoms with Gasteiger partial charge in [-0.3, -0.25) is 4.79 Å². The van der Waals surface area contributed by atoms with Crippen LogP contribution in [0, 0.1) is 5.92 Å². The minimum absolute atomic E-state index is 0.00453. The van der Waals surface area contributed by atoms with Crippen molar-refractivity contribution in [1.29, 1.82) is 0 Å². The van der Waals surface area contributed by atoms with Gasteiger partial charge in [0.1, 0.15) is 0 Å². The summed E-state index contributed by atoms with van der Waals surface area (Å²) in [6.07, 6.45) is 0.626. The zero-order valence-corrected chi connectivity index (χ0v) is 10.4. The number of hydrogen-bond donors (Lipinski definition) is 0. The van der Waals surface area contributed by atoms with Crippen molar-refractivity contribution in [2.75, 3.05) is 20.3 Å². The van der Waals surface area contributed by atoms with E-state index in [1.807, 2.05) is 35.2 Å². The molecule has 1 aromatic rings. The van der Waals surface area contributed by atoms with Crippen molar-refractivity contribution in [3.63, 3.8) is 0 Å². The SMILES string of the molecule is COC[C@@H]1C[C@H]2CO[C@H](c3ccccc3)N2C1=O. The van der Waals surface area contributed by atoms with Gasteiger partial charge < -0.3 is 14.4 Å². The summed E-state index contributed by atoms with van der Waals surface area (Å²) in [6, 6.07) is 10.1. The van der Waals surface area contributed by atoms with E-state index < -0.39 is 0 Å². The Morgan fingerprint density at radius 2 is 2.17 bits per heavy atom. The highest BCUT2D eigenvalue weighted by Gasteiger charge is 2.47. The quantitative estimate of drug-likeness (QED) is 0.814. The van der Waals surface area contributed by atoms with Crippen LogP contribution in [0.2, 0.25) is 0 Å². The normalized spacial score (nSPS) is 30.8. The number of carbonyl (C=O) groups excluding carboxylic acids is 1. The molecule has 4 heteroatoms. The molecule has 2 aliphatic rings. The number of carbonyl (C=O) groups is 1. The third kappa shape index (κ3) is 1.82. The van der Waals surface area contributed by atoms with Crippen LogP contribution in [0.1, 0.15) is 18.2 Å². The first-order valence-corrected chi connectivity index (χ1v) is 6.29. The average Bonchev–Trinajstić information content (AvgIpc) is 2.93. The second kappa shape index (κ2) is 4.71. The molecule has 3 atom stereocenters. The lowest BCUT2D eigenvalue weighted by Gasteiger charge is -2.23. The molecule has 0 unspecified atom stereocenters. The van der Waals surface area contributed by atoms with E-state index in [2.05, 4.69) is 0 Å². The molecular formula is C14H17NO3. The number of nitrogens with zero attached hydrogens (tertiary/aromatic N) is 1. The van der Waals surface area contributed by atoms with Crippen molar-refractivity contribution in [3.8, 4) is 0 Å². The van der Waals surface area contributed by atoms with E-state index in [0.717, 1.165) is 12.0 Å². The molecule has 0 bridgehead atoms. The molecule has 0 N–H and O–H groups in total. The third-order valence-corrected chi connectivity index (χ3v) is 3.71. The Balaban J connectivity index is 1.82. The Morgan fingerprint density at radius 3 is 2.89 bits per heavy atom. The fourth-order valence-electron chi connectivity index (χ4n) is 2.89. The predicted octanol–water partition coefficient (Wildman–Crippen LogP) is 1.58. The molecule has 18 heavy (non-hydrogen) atoms. The zero-order chi connectivity index (χ0) is 12.5. The van der Waals surface area contributed by atoms with Gasteiger partial charge in [-0.15, -0.1) is 0 Å². The maximum atomic E-state index is 12.3. The van der Waals surface area contributed by atoms with Crippen molar-refractivity contribution < 1.29 is 14.3 Å².